The molecule has 0 amide bonds. The van der Waals surface area contributed by atoms with Gasteiger partial charge in [0.25, 0.3) is 0 Å². The second-order valence-corrected chi connectivity index (χ2v) is 12.6. The first-order chi connectivity index (χ1) is 25.3. The lowest BCUT2D eigenvalue weighted by atomic mass is 9.97. The molecule has 9 rings (SSSR count). The fraction of sp³-hybridized carbons (Fsp3) is 0. The Kier molecular flexibility index (Phi) is 7.84. The normalized spacial score (nSPS) is 11.1. The van der Waals surface area contributed by atoms with Crippen LogP contribution >= 0.6 is 0 Å². The molecule has 0 spiro atoms. The second-order valence-electron chi connectivity index (χ2n) is 12.6. The summed E-state index contributed by atoms with van der Waals surface area (Å²) in [4.78, 5) is 4.57. The topological polar surface area (TPSA) is 19.6 Å². The van der Waals surface area contributed by atoms with E-state index in [1.165, 1.54) is 0 Å². The van der Waals surface area contributed by atoms with Crippen molar-refractivity contribution in [3.8, 4) is 22.3 Å². The quantitative estimate of drug-likeness (QED) is 0.163. The monoisotopic (exact) mass is 654 g/mol. The summed E-state index contributed by atoms with van der Waals surface area (Å²) in [5, 5.41) is 2.23. The molecule has 0 bridgehead atoms. The van der Waals surface area contributed by atoms with Crippen molar-refractivity contribution in [1.82, 2.24) is 0 Å². The molecule has 1 heterocycles. The van der Waals surface area contributed by atoms with Crippen molar-refractivity contribution < 1.29 is 4.42 Å². The second kappa shape index (κ2) is 13.2. The smallest absolute Gasteiger partial charge is 0.136 e. The van der Waals surface area contributed by atoms with E-state index in [1.807, 2.05) is 0 Å². The van der Waals surface area contributed by atoms with Crippen LogP contribution < -0.4 is 9.80 Å². The van der Waals surface area contributed by atoms with E-state index in [9.17, 15) is 0 Å². The number of hydrogen-bond donors (Lipinski definition) is 0. The number of nitrogens with zero attached hydrogens (tertiary/aromatic N) is 2. The van der Waals surface area contributed by atoms with Crippen LogP contribution in [0.1, 0.15) is 0 Å². The minimum absolute atomic E-state index is 0.883. The van der Waals surface area contributed by atoms with Crippen LogP contribution in [0.25, 0.3) is 44.2 Å². The molecule has 0 radical (unpaired) electrons. The predicted octanol–water partition coefficient (Wildman–Crippen LogP) is 13.9. The Morgan fingerprint density at radius 2 is 0.706 bits per heavy atom. The number of benzene rings is 8. The lowest BCUT2D eigenvalue weighted by Gasteiger charge is -2.25. The van der Waals surface area contributed by atoms with Crippen LogP contribution in [0.2, 0.25) is 0 Å². The third kappa shape index (κ3) is 5.81. The molecule has 0 aliphatic heterocycles. The van der Waals surface area contributed by atoms with Gasteiger partial charge in [-0.3, -0.25) is 0 Å². The van der Waals surface area contributed by atoms with Gasteiger partial charge < -0.3 is 14.2 Å². The molecule has 0 aliphatic rings. The minimum atomic E-state index is 0.883. The Balaban J connectivity index is 1.08. The van der Waals surface area contributed by atoms with E-state index in [0.29, 0.717) is 0 Å². The van der Waals surface area contributed by atoms with Crippen LogP contribution in [0.15, 0.2) is 211 Å². The van der Waals surface area contributed by atoms with Crippen LogP contribution in [-0.4, -0.2) is 0 Å². The Morgan fingerprint density at radius 3 is 1.18 bits per heavy atom. The van der Waals surface area contributed by atoms with E-state index in [-0.39, 0.29) is 0 Å². The van der Waals surface area contributed by atoms with Gasteiger partial charge in [-0.2, -0.15) is 0 Å². The highest BCUT2D eigenvalue weighted by Gasteiger charge is 2.17. The maximum Gasteiger partial charge on any atom is 0.136 e. The van der Waals surface area contributed by atoms with Crippen LogP contribution in [0.3, 0.4) is 0 Å². The fourth-order valence-corrected chi connectivity index (χ4v) is 7.04. The summed E-state index contributed by atoms with van der Waals surface area (Å²) in [5.41, 5.74) is 13.0. The highest BCUT2D eigenvalue weighted by molar-refractivity contribution is 6.13. The number of fused-ring (bicyclic) bond motifs is 3. The molecule has 1 aromatic heterocycles. The van der Waals surface area contributed by atoms with E-state index in [2.05, 4.69) is 216 Å². The van der Waals surface area contributed by atoms with Gasteiger partial charge in [0.2, 0.25) is 0 Å². The van der Waals surface area contributed by atoms with Gasteiger partial charge >= 0.3 is 0 Å². The summed E-state index contributed by atoms with van der Waals surface area (Å²) in [6.45, 7) is 0. The summed E-state index contributed by atoms with van der Waals surface area (Å²) in [5.74, 6) is 0. The van der Waals surface area contributed by atoms with Gasteiger partial charge in [0.05, 0.1) is 0 Å². The standard InChI is InChI=1S/C48H34N2O/c1-5-14-38(15-6-1)49(39-16-7-2-8-17-39)42-29-24-35(25-30-42)37-28-33-46-45(34-37)48-44(22-13-23-47(48)51-46)36-26-31-43(32-27-36)50(40-18-9-3-10-19-40)41-20-11-4-12-21-41/h1-34H. The largest absolute Gasteiger partial charge is 0.456 e. The average Bonchev–Trinajstić information content (AvgIpc) is 3.59. The van der Waals surface area contributed by atoms with Gasteiger partial charge in [0.15, 0.2) is 0 Å². The number of para-hydroxylation sites is 4. The maximum atomic E-state index is 6.42. The number of hydrogen-bond acceptors (Lipinski definition) is 3. The Bertz CT molecular complexity index is 2470. The molecule has 0 unspecified atom stereocenters. The zero-order chi connectivity index (χ0) is 34.0. The first kappa shape index (κ1) is 30.2. The molecule has 8 aromatic carbocycles. The third-order valence-corrected chi connectivity index (χ3v) is 9.45. The molecule has 3 heteroatoms. The van der Waals surface area contributed by atoms with Crippen LogP contribution in [0.4, 0.5) is 34.1 Å². The van der Waals surface area contributed by atoms with Crippen molar-refractivity contribution in [2.45, 2.75) is 0 Å². The lowest BCUT2D eigenvalue weighted by Crippen LogP contribution is -2.09. The molecule has 9 aromatic rings. The Morgan fingerprint density at radius 1 is 0.294 bits per heavy atom. The predicted molar refractivity (Wildman–Crippen MR) is 214 cm³/mol. The lowest BCUT2D eigenvalue weighted by molar-refractivity contribution is 0.669. The number of anilines is 6. The number of furan rings is 1. The minimum Gasteiger partial charge on any atom is -0.456 e. The van der Waals surface area contributed by atoms with Gasteiger partial charge in [-0.25, -0.2) is 0 Å². The van der Waals surface area contributed by atoms with Gasteiger partial charge in [-0.05, 0) is 113 Å². The molecule has 242 valence electrons. The third-order valence-electron chi connectivity index (χ3n) is 9.45. The maximum absolute atomic E-state index is 6.42. The summed E-state index contributed by atoms with van der Waals surface area (Å²) >= 11 is 0. The van der Waals surface area contributed by atoms with Crippen molar-refractivity contribution in [1.29, 1.82) is 0 Å². The van der Waals surface area contributed by atoms with Crippen molar-refractivity contribution in [2.24, 2.45) is 0 Å². The molecule has 51 heavy (non-hydrogen) atoms. The zero-order valence-electron chi connectivity index (χ0n) is 27.9. The first-order valence-electron chi connectivity index (χ1n) is 17.3. The first-order valence-corrected chi connectivity index (χ1v) is 17.3. The molecule has 0 saturated heterocycles. The van der Waals surface area contributed by atoms with E-state index in [1.54, 1.807) is 0 Å². The molecule has 0 fully saturated rings. The molecule has 0 N–H and O–H groups in total. The van der Waals surface area contributed by atoms with Gasteiger partial charge in [-0.15, -0.1) is 0 Å². The average molecular weight is 655 g/mol. The SMILES string of the molecule is c1ccc(N(c2ccccc2)c2ccc(-c3ccc4oc5cccc(-c6ccc(N(c7ccccc7)c7ccccc7)cc6)c5c4c3)cc2)cc1. The van der Waals surface area contributed by atoms with E-state index in [0.717, 1.165) is 78.3 Å². The highest BCUT2D eigenvalue weighted by Crippen LogP contribution is 2.41. The van der Waals surface area contributed by atoms with Crippen molar-refractivity contribution in [3.05, 3.63) is 206 Å². The van der Waals surface area contributed by atoms with Crippen molar-refractivity contribution in [3.63, 3.8) is 0 Å². The van der Waals surface area contributed by atoms with E-state index in [4.69, 9.17) is 4.42 Å². The van der Waals surface area contributed by atoms with Crippen LogP contribution in [0, 0.1) is 0 Å². The molecular formula is C48H34N2O. The summed E-state index contributed by atoms with van der Waals surface area (Å²) in [7, 11) is 0. The van der Waals surface area contributed by atoms with Crippen molar-refractivity contribution in [2.75, 3.05) is 9.80 Å². The molecule has 3 nitrogen and oxygen atoms in total. The zero-order valence-corrected chi connectivity index (χ0v) is 27.9. The van der Waals surface area contributed by atoms with E-state index >= 15 is 0 Å². The number of rotatable bonds is 8. The van der Waals surface area contributed by atoms with Crippen LogP contribution in [0.5, 0.6) is 0 Å². The highest BCUT2D eigenvalue weighted by atomic mass is 16.3. The molecule has 0 saturated carbocycles. The van der Waals surface area contributed by atoms with Gasteiger partial charge in [-0.1, -0.05) is 115 Å². The van der Waals surface area contributed by atoms with Crippen molar-refractivity contribution >= 4 is 56.1 Å². The van der Waals surface area contributed by atoms with E-state index < -0.39 is 0 Å². The molecular weight excluding hydrogens is 621 g/mol. The van der Waals surface area contributed by atoms with Crippen LogP contribution in [-0.2, 0) is 0 Å². The Labute approximate surface area is 297 Å². The van der Waals surface area contributed by atoms with Gasteiger partial charge in [0, 0.05) is 44.9 Å². The van der Waals surface area contributed by atoms with Gasteiger partial charge in [0.1, 0.15) is 11.2 Å². The fourth-order valence-electron chi connectivity index (χ4n) is 7.04. The molecule has 0 aliphatic carbocycles. The summed E-state index contributed by atoms with van der Waals surface area (Å²) < 4.78 is 6.42. The summed E-state index contributed by atoms with van der Waals surface area (Å²) in [6, 6.07) is 72.6. The molecule has 0 atom stereocenters. The Hall–Kier alpha value is -6.84. The summed E-state index contributed by atoms with van der Waals surface area (Å²) in [6.07, 6.45) is 0.